The van der Waals surface area contributed by atoms with E-state index in [1.165, 1.54) is 12.1 Å². The standard InChI is InChI=1S/C24H16FN3O2/c25-23-10-3-1-8-21(23)18(14-26)13-19-16-27(24-11-4-2-9-22(19)24)15-17-6-5-7-20(12-17)28(29)30/h1-13,16H,15H2. The largest absolute Gasteiger partial charge is 0.342 e. The maximum atomic E-state index is 14.2. The van der Waals surface area contributed by atoms with Crippen molar-refractivity contribution in [1.82, 2.24) is 4.57 Å². The van der Waals surface area contributed by atoms with Gasteiger partial charge in [0.25, 0.3) is 5.69 Å². The van der Waals surface area contributed by atoms with Gasteiger partial charge >= 0.3 is 0 Å². The molecule has 0 amide bonds. The lowest BCUT2D eigenvalue weighted by Crippen LogP contribution is -1.98. The number of benzene rings is 3. The predicted molar refractivity (Wildman–Crippen MR) is 114 cm³/mol. The lowest BCUT2D eigenvalue weighted by Gasteiger charge is -2.05. The van der Waals surface area contributed by atoms with Crippen LogP contribution in [0.25, 0.3) is 22.6 Å². The van der Waals surface area contributed by atoms with Crippen molar-refractivity contribution >= 4 is 28.2 Å². The van der Waals surface area contributed by atoms with Crippen LogP contribution in [-0.2, 0) is 6.54 Å². The van der Waals surface area contributed by atoms with Crippen LogP contribution < -0.4 is 0 Å². The highest BCUT2D eigenvalue weighted by Gasteiger charge is 2.12. The Morgan fingerprint density at radius 3 is 2.63 bits per heavy atom. The first kappa shape index (κ1) is 19.1. The van der Waals surface area contributed by atoms with Crippen LogP contribution in [0.3, 0.4) is 0 Å². The molecule has 6 heteroatoms. The van der Waals surface area contributed by atoms with Gasteiger partial charge in [0, 0.05) is 46.9 Å². The summed E-state index contributed by atoms with van der Waals surface area (Å²) in [6, 6.07) is 22.4. The van der Waals surface area contributed by atoms with Gasteiger partial charge in [-0.25, -0.2) is 4.39 Å². The lowest BCUT2D eigenvalue weighted by atomic mass is 10.0. The van der Waals surface area contributed by atoms with E-state index in [4.69, 9.17) is 0 Å². The van der Waals surface area contributed by atoms with E-state index in [1.807, 2.05) is 41.1 Å². The SMILES string of the molecule is N#CC(=Cc1cn(Cc2cccc([N+](=O)[O-])c2)c2ccccc12)c1ccccc1F. The zero-order valence-electron chi connectivity index (χ0n) is 15.8. The smallest absolute Gasteiger partial charge is 0.269 e. The number of hydrogen-bond acceptors (Lipinski definition) is 3. The molecule has 1 aromatic heterocycles. The summed E-state index contributed by atoms with van der Waals surface area (Å²) in [5.41, 5.74) is 2.99. The van der Waals surface area contributed by atoms with Crippen LogP contribution in [0.15, 0.2) is 79.0 Å². The number of hydrogen-bond donors (Lipinski definition) is 0. The summed E-state index contributed by atoms with van der Waals surface area (Å²) in [7, 11) is 0. The van der Waals surface area contributed by atoms with Crippen LogP contribution >= 0.6 is 0 Å². The van der Waals surface area contributed by atoms with Gasteiger partial charge in [0.15, 0.2) is 0 Å². The van der Waals surface area contributed by atoms with E-state index in [9.17, 15) is 19.8 Å². The Balaban J connectivity index is 1.80. The summed E-state index contributed by atoms with van der Waals surface area (Å²) in [6.45, 7) is 0.428. The monoisotopic (exact) mass is 397 g/mol. The highest BCUT2D eigenvalue weighted by atomic mass is 19.1. The highest BCUT2D eigenvalue weighted by Crippen LogP contribution is 2.28. The fraction of sp³-hybridized carbons (Fsp3) is 0.0417. The Hall–Kier alpha value is -4.24. The molecule has 30 heavy (non-hydrogen) atoms. The van der Waals surface area contributed by atoms with Gasteiger partial charge in [-0.2, -0.15) is 5.26 Å². The van der Waals surface area contributed by atoms with E-state index < -0.39 is 10.7 Å². The third-order valence-electron chi connectivity index (χ3n) is 4.88. The summed E-state index contributed by atoms with van der Waals surface area (Å²) in [5, 5.41) is 21.6. The number of halogens is 1. The molecule has 0 radical (unpaired) electrons. The number of nitriles is 1. The topological polar surface area (TPSA) is 71.9 Å². The number of non-ortho nitro benzene ring substituents is 1. The van der Waals surface area contributed by atoms with Crippen LogP contribution in [0, 0.1) is 27.3 Å². The molecule has 3 aromatic carbocycles. The van der Waals surface area contributed by atoms with Gasteiger partial charge in [-0.1, -0.05) is 48.5 Å². The zero-order valence-corrected chi connectivity index (χ0v) is 15.8. The number of nitro benzene ring substituents is 1. The fourth-order valence-corrected chi connectivity index (χ4v) is 3.49. The van der Waals surface area contributed by atoms with Crippen LogP contribution in [0.4, 0.5) is 10.1 Å². The number of rotatable bonds is 5. The molecule has 4 rings (SSSR count). The van der Waals surface area contributed by atoms with E-state index in [2.05, 4.69) is 6.07 Å². The molecule has 0 bridgehead atoms. The molecule has 146 valence electrons. The molecule has 0 fully saturated rings. The quantitative estimate of drug-likeness (QED) is 0.243. The Morgan fingerprint density at radius 1 is 1.10 bits per heavy atom. The second-order valence-corrected chi connectivity index (χ2v) is 6.81. The van der Waals surface area contributed by atoms with Crippen molar-refractivity contribution in [3.63, 3.8) is 0 Å². The number of nitro groups is 1. The van der Waals surface area contributed by atoms with Gasteiger partial charge in [-0.3, -0.25) is 10.1 Å². The van der Waals surface area contributed by atoms with E-state index in [1.54, 1.807) is 36.4 Å². The summed E-state index contributed by atoms with van der Waals surface area (Å²) in [6.07, 6.45) is 3.55. The highest BCUT2D eigenvalue weighted by molar-refractivity contribution is 5.98. The molecule has 0 atom stereocenters. The van der Waals surface area contributed by atoms with Gasteiger partial charge in [-0.05, 0) is 23.8 Å². The molecule has 0 saturated carbocycles. The molecule has 0 aliphatic heterocycles. The fourth-order valence-electron chi connectivity index (χ4n) is 3.49. The Bertz CT molecular complexity index is 1330. The third-order valence-corrected chi connectivity index (χ3v) is 4.88. The van der Waals surface area contributed by atoms with Gasteiger partial charge in [0.1, 0.15) is 5.82 Å². The van der Waals surface area contributed by atoms with Crippen molar-refractivity contribution in [2.45, 2.75) is 6.54 Å². The Morgan fingerprint density at radius 2 is 1.87 bits per heavy atom. The minimum absolute atomic E-state index is 0.0374. The van der Waals surface area contributed by atoms with Crippen molar-refractivity contribution in [2.24, 2.45) is 0 Å². The van der Waals surface area contributed by atoms with Crippen LogP contribution in [0.2, 0.25) is 0 Å². The van der Waals surface area contributed by atoms with Crippen molar-refractivity contribution in [3.8, 4) is 6.07 Å². The first-order valence-electron chi connectivity index (χ1n) is 9.25. The van der Waals surface area contributed by atoms with Crippen molar-refractivity contribution in [1.29, 1.82) is 5.26 Å². The zero-order chi connectivity index (χ0) is 21.1. The average molecular weight is 397 g/mol. The Labute approximate surface area is 172 Å². The number of nitrogens with zero attached hydrogens (tertiary/aromatic N) is 3. The second kappa shape index (κ2) is 8.02. The number of allylic oxidation sites excluding steroid dienone is 1. The first-order valence-corrected chi connectivity index (χ1v) is 9.25. The van der Waals surface area contributed by atoms with Crippen LogP contribution in [0.1, 0.15) is 16.7 Å². The number of aromatic nitrogens is 1. The van der Waals surface area contributed by atoms with Gasteiger partial charge in [0.05, 0.1) is 16.6 Å². The molecule has 0 spiro atoms. The van der Waals surface area contributed by atoms with Crippen molar-refractivity contribution in [2.75, 3.05) is 0 Å². The average Bonchev–Trinajstić information content (AvgIpc) is 3.10. The predicted octanol–water partition coefficient (Wildman–Crippen LogP) is 5.80. The third kappa shape index (κ3) is 3.69. The summed E-state index contributed by atoms with van der Waals surface area (Å²) in [5.74, 6) is -0.453. The van der Waals surface area contributed by atoms with E-state index in [0.29, 0.717) is 6.54 Å². The number of fused-ring (bicyclic) bond motifs is 1. The maximum Gasteiger partial charge on any atom is 0.269 e. The van der Waals surface area contributed by atoms with E-state index in [-0.39, 0.29) is 16.8 Å². The molecule has 0 unspecified atom stereocenters. The summed E-state index contributed by atoms with van der Waals surface area (Å²) in [4.78, 5) is 10.7. The van der Waals surface area contributed by atoms with Crippen molar-refractivity contribution in [3.05, 3.63) is 112 Å². The van der Waals surface area contributed by atoms with Gasteiger partial charge < -0.3 is 4.57 Å². The first-order chi connectivity index (χ1) is 14.6. The molecule has 0 aliphatic carbocycles. The minimum atomic E-state index is -0.453. The molecular formula is C24H16FN3O2. The molecule has 4 aromatic rings. The van der Waals surface area contributed by atoms with Crippen LogP contribution in [0.5, 0.6) is 0 Å². The molecule has 5 nitrogen and oxygen atoms in total. The summed E-state index contributed by atoms with van der Waals surface area (Å²) < 4.78 is 16.2. The van der Waals surface area contributed by atoms with Crippen LogP contribution in [-0.4, -0.2) is 9.49 Å². The molecular weight excluding hydrogens is 381 g/mol. The molecule has 0 saturated heterocycles. The van der Waals surface area contributed by atoms with Crippen molar-refractivity contribution < 1.29 is 9.31 Å². The molecule has 0 aliphatic rings. The number of para-hydroxylation sites is 1. The van der Waals surface area contributed by atoms with Gasteiger partial charge in [0.2, 0.25) is 0 Å². The normalized spacial score (nSPS) is 11.4. The van der Waals surface area contributed by atoms with E-state index in [0.717, 1.165) is 22.0 Å². The second-order valence-electron chi connectivity index (χ2n) is 6.81. The molecule has 0 N–H and O–H groups in total. The Kier molecular flexibility index (Phi) is 5.10. The maximum absolute atomic E-state index is 14.2. The van der Waals surface area contributed by atoms with Gasteiger partial charge in [-0.15, -0.1) is 0 Å². The molecule has 1 heterocycles. The minimum Gasteiger partial charge on any atom is -0.342 e. The lowest BCUT2D eigenvalue weighted by molar-refractivity contribution is -0.384. The van der Waals surface area contributed by atoms with E-state index >= 15 is 0 Å². The summed E-state index contributed by atoms with van der Waals surface area (Å²) >= 11 is 0.